The van der Waals surface area contributed by atoms with Gasteiger partial charge >= 0.3 is 0 Å². The molecule has 2 aromatic rings. The van der Waals surface area contributed by atoms with E-state index in [4.69, 9.17) is 17.0 Å². The average Bonchev–Trinajstić information content (AvgIpc) is 2.69. The quantitative estimate of drug-likeness (QED) is 0.405. The molecule has 0 saturated heterocycles. The third-order valence-corrected chi connectivity index (χ3v) is 4.19. The number of thiocarbonyl (C=S) groups is 1. The molecule has 6 heteroatoms. The van der Waals surface area contributed by atoms with E-state index in [-0.39, 0.29) is 5.91 Å². The highest BCUT2D eigenvalue weighted by Crippen LogP contribution is 2.15. The highest BCUT2D eigenvalue weighted by Gasteiger charge is 2.00. The van der Waals surface area contributed by atoms with Crippen LogP contribution in [-0.4, -0.2) is 18.1 Å². The second-order valence-corrected chi connectivity index (χ2v) is 6.71. The zero-order chi connectivity index (χ0) is 19.6. The molecule has 5 nitrogen and oxygen atoms in total. The van der Waals surface area contributed by atoms with Gasteiger partial charge in [-0.1, -0.05) is 50.2 Å². The van der Waals surface area contributed by atoms with Gasteiger partial charge in [0.15, 0.2) is 5.11 Å². The minimum Gasteiger partial charge on any atom is -0.497 e. The summed E-state index contributed by atoms with van der Waals surface area (Å²) in [6, 6.07) is 15.8. The molecule has 0 aliphatic heterocycles. The Morgan fingerprint density at radius 2 is 1.74 bits per heavy atom. The van der Waals surface area contributed by atoms with Crippen LogP contribution >= 0.6 is 12.2 Å². The van der Waals surface area contributed by atoms with Crippen LogP contribution in [0.15, 0.2) is 54.6 Å². The van der Waals surface area contributed by atoms with E-state index in [1.165, 1.54) is 11.6 Å². The molecule has 2 rings (SSSR count). The van der Waals surface area contributed by atoms with Crippen molar-refractivity contribution in [3.8, 4) is 5.75 Å². The van der Waals surface area contributed by atoms with Crippen LogP contribution in [0.2, 0.25) is 0 Å². The average molecular weight is 384 g/mol. The Hall–Kier alpha value is -2.86. The molecule has 0 radical (unpaired) electrons. The van der Waals surface area contributed by atoms with Gasteiger partial charge in [-0.05, 0) is 53.0 Å². The standard InChI is InChI=1S/C21H25N3O2S/c1-15(2)18-9-4-16(5-10-18)8-13-20(25)23-24-21(27)22-14-17-6-11-19(26-3)12-7-17/h4-13,15H,14H2,1-3H3,(H,23,25)(H2,22,24,27)/b13-8+. The van der Waals surface area contributed by atoms with Crippen LogP contribution in [-0.2, 0) is 11.3 Å². The van der Waals surface area contributed by atoms with Gasteiger partial charge in [0, 0.05) is 12.6 Å². The number of hydrogen-bond donors (Lipinski definition) is 3. The number of methoxy groups -OCH3 is 1. The van der Waals surface area contributed by atoms with Crippen molar-refractivity contribution in [2.75, 3.05) is 7.11 Å². The maximum atomic E-state index is 11.9. The van der Waals surface area contributed by atoms with E-state index < -0.39 is 0 Å². The van der Waals surface area contributed by atoms with Crippen LogP contribution in [0.5, 0.6) is 5.75 Å². The fourth-order valence-electron chi connectivity index (χ4n) is 2.29. The van der Waals surface area contributed by atoms with Crippen molar-refractivity contribution >= 4 is 29.3 Å². The molecule has 0 spiro atoms. The van der Waals surface area contributed by atoms with Crippen LogP contribution in [0.25, 0.3) is 6.08 Å². The van der Waals surface area contributed by atoms with Crippen molar-refractivity contribution in [3.63, 3.8) is 0 Å². The van der Waals surface area contributed by atoms with Gasteiger partial charge in [0.2, 0.25) is 0 Å². The number of amides is 1. The molecular weight excluding hydrogens is 358 g/mol. The highest BCUT2D eigenvalue weighted by molar-refractivity contribution is 7.80. The van der Waals surface area contributed by atoms with Gasteiger partial charge < -0.3 is 10.1 Å². The molecule has 0 saturated carbocycles. The summed E-state index contributed by atoms with van der Waals surface area (Å²) in [4.78, 5) is 11.9. The van der Waals surface area contributed by atoms with E-state index in [2.05, 4.69) is 42.1 Å². The summed E-state index contributed by atoms with van der Waals surface area (Å²) in [5.41, 5.74) is 8.51. The molecule has 0 aromatic heterocycles. The maximum absolute atomic E-state index is 11.9. The first-order valence-electron chi connectivity index (χ1n) is 8.72. The van der Waals surface area contributed by atoms with E-state index in [1.807, 2.05) is 36.4 Å². The molecule has 3 N–H and O–H groups in total. The Labute approximate surface area is 165 Å². The van der Waals surface area contributed by atoms with Crippen molar-refractivity contribution < 1.29 is 9.53 Å². The number of hydrogen-bond acceptors (Lipinski definition) is 3. The lowest BCUT2D eigenvalue weighted by Crippen LogP contribution is -2.45. The first kappa shape index (κ1) is 20.5. The second kappa shape index (κ2) is 10.3. The van der Waals surface area contributed by atoms with Crippen LogP contribution in [0.3, 0.4) is 0 Å². The lowest BCUT2D eigenvalue weighted by Gasteiger charge is -2.11. The molecule has 0 atom stereocenters. The topological polar surface area (TPSA) is 62.4 Å². The van der Waals surface area contributed by atoms with Gasteiger partial charge in [-0.25, -0.2) is 0 Å². The van der Waals surface area contributed by atoms with Gasteiger partial charge in [-0.3, -0.25) is 15.6 Å². The first-order valence-corrected chi connectivity index (χ1v) is 9.13. The predicted octanol–water partition coefficient (Wildman–Crippen LogP) is 3.53. The normalized spacial score (nSPS) is 10.7. The Morgan fingerprint density at radius 1 is 1.07 bits per heavy atom. The molecule has 0 heterocycles. The van der Waals surface area contributed by atoms with E-state index in [9.17, 15) is 4.79 Å². The fourth-order valence-corrected chi connectivity index (χ4v) is 2.42. The van der Waals surface area contributed by atoms with E-state index in [1.54, 1.807) is 13.2 Å². The number of ether oxygens (including phenoxy) is 1. The minimum absolute atomic E-state index is 0.281. The zero-order valence-corrected chi connectivity index (χ0v) is 16.6. The SMILES string of the molecule is COc1ccc(CNC(=S)NNC(=O)/C=C/c2ccc(C(C)C)cc2)cc1. The molecule has 142 valence electrons. The number of benzene rings is 2. The summed E-state index contributed by atoms with van der Waals surface area (Å²) < 4.78 is 5.12. The molecule has 0 unspecified atom stereocenters. The Kier molecular flexibility index (Phi) is 7.82. The molecule has 0 bridgehead atoms. The number of hydrazine groups is 1. The molecule has 0 aliphatic carbocycles. The lowest BCUT2D eigenvalue weighted by molar-refractivity contribution is -0.116. The lowest BCUT2D eigenvalue weighted by atomic mass is 10.0. The molecule has 27 heavy (non-hydrogen) atoms. The first-order chi connectivity index (χ1) is 13.0. The molecule has 1 amide bonds. The summed E-state index contributed by atoms with van der Waals surface area (Å²) in [6.07, 6.45) is 3.22. The third-order valence-electron chi connectivity index (χ3n) is 3.94. The van der Waals surface area contributed by atoms with Gasteiger partial charge in [0.05, 0.1) is 7.11 Å². The third kappa shape index (κ3) is 7.11. The Morgan fingerprint density at radius 3 is 2.33 bits per heavy atom. The van der Waals surface area contributed by atoms with E-state index in [0.29, 0.717) is 17.6 Å². The largest absolute Gasteiger partial charge is 0.497 e. The molecular formula is C21H25N3O2S. The van der Waals surface area contributed by atoms with Gasteiger partial charge in [0.1, 0.15) is 5.75 Å². The van der Waals surface area contributed by atoms with Crippen molar-refractivity contribution in [2.45, 2.75) is 26.3 Å². The molecule has 0 fully saturated rings. The van der Waals surface area contributed by atoms with Crippen molar-refractivity contribution in [2.24, 2.45) is 0 Å². The van der Waals surface area contributed by atoms with Crippen LogP contribution in [0, 0.1) is 0 Å². The summed E-state index contributed by atoms with van der Waals surface area (Å²) >= 11 is 5.15. The van der Waals surface area contributed by atoms with E-state index >= 15 is 0 Å². The van der Waals surface area contributed by atoms with Crippen LogP contribution in [0.1, 0.15) is 36.5 Å². The number of rotatable bonds is 6. The highest BCUT2D eigenvalue weighted by atomic mass is 32.1. The van der Waals surface area contributed by atoms with Crippen molar-refractivity contribution in [1.82, 2.24) is 16.2 Å². The Bertz CT molecular complexity index is 784. The monoisotopic (exact) mass is 383 g/mol. The molecule has 2 aromatic carbocycles. The fraction of sp³-hybridized carbons (Fsp3) is 0.238. The Balaban J connectivity index is 1.72. The van der Waals surface area contributed by atoms with Crippen molar-refractivity contribution in [3.05, 3.63) is 71.3 Å². The number of carbonyl (C=O) groups is 1. The second-order valence-electron chi connectivity index (χ2n) is 6.30. The summed E-state index contributed by atoms with van der Waals surface area (Å²) in [6.45, 7) is 4.84. The number of nitrogens with one attached hydrogen (secondary N) is 3. The summed E-state index contributed by atoms with van der Waals surface area (Å²) in [7, 11) is 1.63. The number of carbonyl (C=O) groups excluding carboxylic acids is 1. The smallest absolute Gasteiger partial charge is 0.262 e. The van der Waals surface area contributed by atoms with Crippen LogP contribution < -0.4 is 20.9 Å². The zero-order valence-electron chi connectivity index (χ0n) is 15.8. The predicted molar refractivity (Wildman–Crippen MR) is 113 cm³/mol. The molecule has 0 aliphatic rings. The van der Waals surface area contributed by atoms with Gasteiger partial charge in [-0.15, -0.1) is 0 Å². The summed E-state index contributed by atoms with van der Waals surface area (Å²) in [5, 5.41) is 3.36. The van der Waals surface area contributed by atoms with Gasteiger partial charge in [0.25, 0.3) is 5.91 Å². The van der Waals surface area contributed by atoms with E-state index in [0.717, 1.165) is 16.9 Å². The van der Waals surface area contributed by atoms with Gasteiger partial charge in [-0.2, -0.15) is 0 Å². The minimum atomic E-state index is -0.281. The van der Waals surface area contributed by atoms with Crippen molar-refractivity contribution in [1.29, 1.82) is 0 Å². The maximum Gasteiger partial charge on any atom is 0.262 e. The van der Waals surface area contributed by atoms with Crippen LogP contribution in [0.4, 0.5) is 0 Å². The summed E-state index contributed by atoms with van der Waals surface area (Å²) in [5.74, 6) is 1.01.